The summed E-state index contributed by atoms with van der Waals surface area (Å²) in [5, 5.41) is 5.00. The zero-order valence-corrected chi connectivity index (χ0v) is 7.32. The number of rotatable bonds is 0. The molecule has 5 heteroatoms. The molecule has 13 heavy (non-hydrogen) atoms. The molecule has 0 aliphatic heterocycles. The van der Waals surface area contributed by atoms with Gasteiger partial charge in [-0.1, -0.05) is 4.49 Å². The highest BCUT2D eigenvalue weighted by Gasteiger charge is 2.03. The zero-order chi connectivity index (χ0) is 8.67. The first-order valence-electron chi connectivity index (χ1n) is 3.76. The Kier molecular flexibility index (Phi) is 1.28. The summed E-state index contributed by atoms with van der Waals surface area (Å²) in [4.78, 5) is 8.10. The second-order valence-corrected chi connectivity index (χ2v) is 3.43. The van der Waals surface area contributed by atoms with Crippen LogP contribution in [-0.2, 0) is 0 Å². The molecule has 3 aromatic rings. The molecule has 0 fully saturated rings. The summed E-state index contributed by atoms with van der Waals surface area (Å²) in [6, 6.07) is 3.94. The van der Waals surface area contributed by atoms with Gasteiger partial charge >= 0.3 is 0 Å². The third-order valence-corrected chi connectivity index (χ3v) is 2.59. The normalized spacial score (nSPS) is 11.1. The topological polar surface area (TPSA) is 51.6 Å². The number of hydrogen-bond donors (Lipinski definition) is 0. The highest BCUT2D eigenvalue weighted by molar-refractivity contribution is 7.13. The van der Waals surface area contributed by atoms with Gasteiger partial charge < -0.3 is 0 Å². The number of fused-ring (bicyclic) bond motifs is 3. The number of nitrogens with zero attached hydrogens (tertiary/aromatic N) is 4. The van der Waals surface area contributed by atoms with Gasteiger partial charge in [-0.3, -0.25) is 0 Å². The van der Waals surface area contributed by atoms with E-state index in [2.05, 4.69) is 19.6 Å². The Hall–Kier alpha value is -1.62. The Balaban J connectivity index is 2.65. The largest absolute Gasteiger partial charge is 0.244 e. The summed E-state index contributed by atoms with van der Waals surface area (Å²) in [7, 11) is 0. The summed E-state index contributed by atoms with van der Waals surface area (Å²) in [5.41, 5.74) is 1.80. The van der Waals surface area contributed by atoms with E-state index in [1.165, 1.54) is 17.9 Å². The Morgan fingerprint density at radius 3 is 3.23 bits per heavy atom. The molecule has 0 saturated carbocycles. The molecule has 0 radical (unpaired) electrons. The summed E-state index contributed by atoms with van der Waals surface area (Å²) < 4.78 is 4.96. The van der Waals surface area contributed by atoms with Gasteiger partial charge in [0.1, 0.15) is 11.8 Å². The molecule has 0 amide bonds. The number of hydrogen-bond acceptors (Lipinski definition) is 5. The predicted molar refractivity (Wildman–Crippen MR) is 50.5 cm³/mol. The van der Waals surface area contributed by atoms with E-state index < -0.39 is 0 Å². The van der Waals surface area contributed by atoms with Gasteiger partial charge in [-0.2, -0.15) is 0 Å². The summed E-state index contributed by atoms with van der Waals surface area (Å²) >= 11 is 1.39. The quantitative estimate of drug-likeness (QED) is 0.538. The molecule has 0 saturated heterocycles. The van der Waals surface area contributed by atoms with Crippen LogP contribution in [0.4, 0.5) is 0 Å². The monoisotopic (exact) mass is 188 g/mol. The van der Waals surface area contributed by atoms with Gasteiger partial charge in [-0.25, -0.2) is 9.97 Å². The van der Waals surface area contributed by atoms with Crippen LogP contribution in [0.3, 0.4) is 0 Å². The standard InChI is InChI=1S/C8H4N4S/c1-2-7-8(11-12-13-7)5-3-9-4-10-6(1)5/h1-4H. The van der Waals surface area contributed by atoms with E-state index in [4.69, 9.17) is 0 Å². The fraction of sp³-hybridized carbons (Fsp3) is 0. The van der Waals surface area contributed by atoms with Crippen LogP contribution in [0.5, 0.6) is 0 Å². The van der Waals surface area contributed by atoms with Crippen LogP contribution in [0.25, 0.3) is 21.1 Å². The van der Waals surface area contributed by atoms with E-state index in [9.17, 15) is 0 Å². The second-order valence-electron chi connectivity index (χ2n) is 2.64. The van der Waals surface area contributed by atoms with Crippen molar-refractivity contribution in [2.45, 2.75) is 0 Å². The average Bonchev–Trinajstić information content (AvgIpc) is 2.65. The maximum absolute atomic E-state index is 4.14. The molecule has 0 aliphatic carbocycles. The van der Waals surface area contributed by atoms with Gasteiger partial charge in [0.05, 0.1) is 10.2 Å². The zero-order valence-electron chi connectivity index (χ0n) is 6.51. The lowest BCUT2D eigenvalue weighted by Gasteiger charge is -1.93. The number of aromatic nitrogens is 4. The van der Waals surface area contributed by atoms with Crippen molar-refractivity contribution in [3.05, 3.63) is 24.7 Å². The second kappa shape index (κ2) is 2.43. The van der Waals surface area contributed by atoms with Crippen LogP contribution in [-0.4, -0.2) is 19.6 Å². The Morgan fingerprint density at radius 1 is 1.23 bits per heavy atom. The lowest BCUT2D eigenvalue weighted by Crippen LogP contribution is -1.81. The molecule has 0 atom stereocenters. The van der Waals surface area contributed by atoms with E-state index in [-0.39, 0.29) is 0 Å². The molecule has 0 aliphatic rings. The van der Waals surface area contributed by atoms with Gasteiger partial charge in [0.25, 0.3) is 0 Å². The first-order valence-corrected chi connectivity index (χ1v) is 4.53. The van der Waals surface area contributed by atoms with Crippen LogP contribution in [0.1, 0.15) is 0 Å². The molecule has 1 aromatic carbocycles. The minimum Gasteiger partial charge on any atom is -0.244 e. The van der Waals surface area contributed by atoms with Crippen LogP contribution < -0.4 is 0 Å². The average molecular weight is 188 g/mol. The molecular formula is C8H4N4S. The van der Waals surface area contributed by atoms with Gasteiger partial charge in [0.2, 0.25) is 0 Å². The van der Waals surface area contributed by atoms with Gasteiger partial charge in [-0.05, 0) is 23.7 Å². The van der Waals surface area contributed by atoms with Crippen molar-refractivity contribution in [1.29, 1.82) is 0 Å². The first-order chi connectivity index (χ1) is 6.45. The van der Waals surface area contributed by atoms with Crippen molar-refractivity contribution in [2.24, 2.45) is 0 Å². The molecular weight excluding hydrogens is 184 g/mol. The molecule has 0 unspecified atom stereocenters. The van der Waals surface area contributed by atoms with E-state index in [1.807, 2.05) is 12.1 Å². The van der Waals surface area contributed by atoms with Crippen LogP contribution in [0.15, 0.2) is 24.7 Å². The van der Waals surface area contributed by atoms with E-state index in [1.54, 1.807) is 6.20 Å². The highest BCUT2D eigenvalue weighted by atomic mass is 32.1. The maximum Gasteiger partial charge on any atom is 0.116 e. The molecule has 62 valence electrons. The van der Waals surface area contributed by atoms with Crippen molar-refractivity contribution < 1.29 is 0 Å². The van der Waals surface area contributed by atoms with Crippen molar-refractivity contribution in [2.75, 3.05) is 0 Å². The molecule has 3 rings (SSSR count). The van der Waals surface area contributed by atoms with Crippen LogP contribution in [0.2, 0.25) is 0 Å². The molecule has 4 nitrogen and oxygen atoms in total. The molecule has 2 heterocycles. The lowest BCUT2D eigenvalue weighted by molar-refractivity contribution is 1.19. The van der Waals surface area contributed by atoms with Gasteiger partial charge in [0.15, 0.2) is 0 Å². The van der Waals surface area contributed by atoms with Crippen molar-refractivity contribution in [3.63, 3.8) is 0 Å². The van der Waals surface area contributed by atoms with Crippen molar-refractivity contribution in [3.8, 4) is 0 Å². The third kappa shape index (κ3) is 0.905. The highest BCUT2D eigenvalue weighted by Crippen LogP contribution is 2.22. The SMILES string of the molecule is c1ncc2c(ccc3snnc32)n1. The van der Waals surface area contributed by atoms with E-state index in [0.29, 0.717) is 0 Å². The first kappa shape index (κ1) is 6.85. The Labute approximate surface area is 77.4 Å². The van der Waals surface area contributed by atoms with E-state index in [0.717, 1.165) is 21.1 Å². The van der Waals surface area contributed by atoms with Crippen molar-refractivity contribution >= 4 is 32.7 Å². The predicted octanol–water partition coefficient (Wildman–Crippen LogP) is 1.63. The summed E-state index contributed by atoms with van der Waals surface area (Å²) in [5.74, 6) is 0. The van der Waals surface area contributed by atoms with Gasteiger partial charge in [-0.15, -0.1) is 5.10 Å². The minimum absolute atomic E-state index is 0.892. The van der Waals surface area contributed by atoms with Crippen molar-refractivity contribution in [1.82, 2.24) is 19.6 Å². The van der Waals surface area contributed by atoms with Crippen LogP contribution in [0, 0.1) is 0 Å². The van der Waals surface area contributed by atoms with Gasteiger partial charge in [0, 0.05) is 11.6 Å². The number of benzene rings is 1. The molecule has 2 aromatic heterocycles. The fourth-order valence-corrected chi connectivity index (χ4v) is 1.88. The fourth-order valence-electron chi connectivity index (χ4n) is 1.30. The Bertz CT molecular complexity index is 574. The summed E-state index contributed by atoms with van der Waals surface area (Å²) in [6.45, 7) is 0. The molecule has 0 N–H and O–H groups in total. The molecule has 0 bridgehead atoms. The Morgan fingerprint density at radius 2 is 2.23 bits per heavy atom. The van der Waals surface area contributed by atoms with E-state index >= 15 is 0 Å². The lowest BCUT2D eigenvalue weighted by atomic mass is 10.2. The molecule has 0 spiro atoms. The third-order valence-electron chi connectivity index (χ3n) is 1.90. The minimum atomic E-state index is 0.892. The summed E-state index contributed by atoms with van der Waals surface area (Å²) in [6.07, 6.45) is 3.31. The smallest absolute Gasteiger partial charge is 0.116 e. The van der Waals surface area contributed by atoms with Crippen LogP contribution >= 0.6 is 11.5 Å². The maximum atomic E-state index is 4.14.